The first-order valence-electron chi connectivity index (χ1n) is 9.81. The lowest BCUT2D eigenvalue weighted by molar-refractivity contribution is -0.129. The Morgan fingerprint density at radius 1 is 1.00 bits per heavy atom. The first kappa shape index (κ1) is 23.1. The van der Waals surface area contributed by atoms with Crippen LogP contribution in [0, 0.1) is 0 Å². The maximum absolute atomic E-state index is 12.6. The number of furan rings is 1. The van der Waals surface area contributed by atoms with Gasteiger partial charge in [0.15, 0.2) is 17.2 Å². The minimum atomic E-state index is -0.678. The Morgan fingerprint density at radius 2 is 1.74 bits per heavy atom. The van der Waals surface area contributed by atoms with Gasteiger partial charge >= 0.3 is 11.9 Å². The molecule has 174 valence electrons. The zero-order valence-corrected chi connectivity index (χ0v) is 19.9. The van der Waals surface area contributed by atoms with Crippen molar-refractivity contribution in [2.24, 2.45) is 4.99 Å². The van der Waals surface area contributed by atoms with Crippen molar-refractivity contribution in [1.82, 2.24) is 0 Å². The number of nitrogens with zero attached hydrogens (tertiary/aromatic N) is 1. The normalized spacial score (nSPS) is 13.9. The van der Waals surface area contributed by atoms with Crippen LogP contribution in [0.15, 0.2) is 68.3 Å². The van der Waals surface area contributed by atoms with Gasteiger partial charge in [0.25, 0.3) is 0 Å². The highest BCUT2D eigenvalue weighted by Crippen LogP contribution is 2.39. The van der Waals surface area contributed by atoms with Crippen LogP contribution in [0.5, 0.6) is 23.0 Å². The van der Waals surface area contributed by atoms with Crippen molar-refractivity contribution in [2.75, 3.05) is 21.3 Å². The van der Waals surface area contributed by atoms with E-state index in [4.69, 9.17) is 28.1 Å². The topological polar surface area (TPSA) is 106 Å². The molecule has 0 N–H and O–H groups in total. The molecule has 4 rings (SSSR count). The average molecular weight is 528 g/mol. The number of carbonyl (C=O) groups is 2. The molecule has 0 unspecified atom stereocenters. The van der Waals surface area contributed by atoms with Crippen molar-refractivity contribution in [3.05, 3.63) is 75.8 Å². The minimum Gasteiger partial charge on any atom is -0.493 e. The van der Waals surface area contributed by atoms with Crippen LogP contribution in [0.3, 0.4) is 0 Å². The lowest BCUT2D eigenvalue weighted by Crippen LogP contribution is -2.08. The molecular weight excluding hydrogens is 510 g/mol. The summed E-state index contributed by atoms with van der Waals surface area (Å²) in [5.74, 6) is 0.117. The van der Waals surface area contributed by atoms with Crippen LogP contribution in [0.2, 0.25) is 0 Å². The fourth-order valence-corrected chi connectivity index (χ4v) is 3.53. The quantitative estimate of drug-likeness (QED) is 0.248. The van der Waals surface area contributed by atoms with E-state index >= 15 is 0 Å². The van der Waals surface area contributed by atoms with Gasteiger partial charge < -0.3 is 28.1 Å². The minimum absolute atomic E-state index is 0.0112. The number of carbonyl (C=O) groups excluding carboxylic acids is 2. The lowest BCUT2D eigenvalue weighted by atomic mass is 10.1. The second kappa shape index (κ2) is 9.84. The van der Waals surface area contributed by atoms with Crippen molar-refractivity contribution in [2.45, 2.75) is 0 Å². The summed E-state index contributed by atoms with van der Waals surface area (Å²) in [4.78, 5) is 29.2. The van der Waals surface area contributed by atoms with Gasteiger partial charge in [-0.25, -0.2) is 14.6 Å². The number of hydrogen-bond donors (Lipinski definition) is 0. The molecule has 0 amide bonds. The standard InChI is InChI=1S/C24H18BrNO8/c1-29-19-11-14(12-20(30-2)21(19)31-3)22-26-16(23(27)34-22)10-13-9-15(25)6-7-17(13)33-24(28)18-5-4-8-32-18/h4-12H,1-3H3/b16-10+. The van der Waals surface area contributed by atoms with Gasteiger partial charge in [0.1, 0.15) is 5.75 Å². The number of benzene rings is 2. The highest BCUT2D eigenvalue weighted by Gasteiger charge is 2.27. The van der Waals surface area contributed by atoms with E-state index in [0.29, 0.717) is 32.8 Å². The average Bonchev–Trinajstić information content (AvgIpc) is 3.50. The smallest absolute Gasteiger partial charge is 0.379 e. The Morgan fingerprint density at radius 3 is 2.35 bits per heavy atom. The van der Waals surface area contributed by atoms with Crippen molar-refractivity contribution in [3.63, 3.8) is 0 Å². The third-order valence-corrected chi connectivity index (χ3v) is 5.21. The number of methoxy groups -OCH3 is 3. The molecule has 0 radical (unpaired) electrons. The molecule has 0 bridgehead atoms. The van der Waals surface area contributed by atoms with E-state index in [1.807, 2.05) is 0 Å². The van der Waals surface area contributed by atoms with Crippen LogP contribution < -0.4 is 18.9 Å². The molecule has 2 aromatic carbocycles. The van der Waals surface area contributed by atoms with E-state index in [0.717, 1.165) is 0 Å². The molecule has 0 aliphatic carbocycles. The summed E-state index contributed by atoms with van der Waals surface area (Å²) in [5, 5.41) is 0. The second-order valence-corrected chi connectivity index (χ2v) is 7.71. The number of cyclic esters (lactones) is 1. The maximum Gasteiger partial charge on any atom is 0.379 e. The van der Waals surface area contributed by atoms with E-state index in [1.165, 1.54) is 39.7 Å². The van der Waals surface area contributed by atoms with E-state index in [1.54, 1.807) is 36.4 Å². The Balaban J connectivity index is 1.70. The van der Waals surface area contributed by atoms with Crippen molar-refractivity contribution in [3.8, 4) is 23.0 Å². The van der Waals surface area contributed by atoms with E-state index in [9.17, 15) is 9.59 Å². The van der Waals surface area contributed by atoms with Gasteiger partial charge in [-0.05, 0) is 48.5 Å². The van der Waals surface area contributed by atoms with E-state index in [2.05, 4.69) is 20.9 Å². The molecule has 3 aromatic rings. The molecule has 2 heterocycles. The van der Waals surface area contributed by atoms with E-state index in [-0.39, 0.29) is 23.1 Å². The number of esters is 2. The zero-order chi connectivity index (χ0) is 24.2. The summed E-state index contributed by atoms with van der Waals surface area (Å²) in [7, 11) is 4.45. The predicted octanol–water partition coefficient (Wildman–Crippen LogP) is 4.63. The summed E-state index contributed by atoms with van der Waals surface area (Å²) >= 11 is 3.38. The molecule has 34 heavy (non-hydrogen) atoms. The van der Waals surface area contributed by atoms with Crippen molar-refractivity contribution in [1.29, 1.82) is 0 Å². The Bertz CT molecular complexity index is 1290. The molecule has 0 spiro atoms. The molecule has 10 heteroatoms. The molecule has 1 aromatic heterocycles. The number of ether oxygens (including phenoxy) is 5. The first-order chi connectivity index (χ1) is 16.4. The third-order valence-electron chi connectivity index (χ3n) is 4.72. The Hall–Kier alpha value is -4.05. The molecule has 0 atom stereocenters. The SMILES string of the molecule is COc1cc(C2=N/C(=C/c3cc(Br)ccc3OC(=O)c3ccco3)C(=O)O2)cc(OC)c1OC. The van der Waals surface area contributed by atoms with Gasteiger partial charge in [0.2, 0.25) is 17.4 Å². The van der Waals surface area contributed by atoms with Gasteiger partial charge in [-0.3, -0.25) is 0 Å². The summed E-state index contributed by atoms with van der Waals surface area (Å²) in [6.07, 6.45) is 2.83. The van der Waals surface area contributed by atoms with Gasteiger partial charge in [0.05, 0.1) is 27.6 Å². The highest BCUT2D eigenvalue weighted by atomic mass is 79.9. The summed E-state index contributed by atoms with van der Waals surface area (Å²) in [5.41, 5.74) is 0.887. The molecule has 1 aliphatic rings. The van der Waals surface area contributed by atoms with Crippen molar-refractivity contribution >= 4 is 39.8 Å². The van der Waals surface area contributed by atoms with Gasteiger partial charge in [-0.2, -0.15) is 0 Å². The maximum atomic E-state index is 12.6. The number of hydrogen-bond acceptors (Lipinski definition) is 9. The molecular formula is C24H18BrNO8. The largest absolute Gasteiger partial charge is 0.493 e. The molecule has 0 fully saturated rings. The van der Waals surface area contributed by atoms with Crippen LogP contribution in [-0.4, -0.2) is 39.2 Å². The fraction of sp³-hybridized carbons (Fsp3) is 0.125. The number of rotatable bonds is 7. The van der Waals surface area contributed by atoms with Crippen LogP contribution in [-0.2, 0) is 9.53 Å². The zero-order valence-electron chi connectivity index (χ0n) is 18.3. The van der Waals surface area contributed by atoms with Crippen LogP contribution >= 0.6 is 15.9 Å². The molecule has 9 nitrogen and oxygen atoms in total. The van der Waals surface area contributed by atoms with Crippen molar-refractivity contribution < 1.29 is 37.7 Å². The summed E-state index contributed by atoms with van der Waals surface area (Å²) in [6.45, 7) is 0. The molecule has 0 saturated heterocycles. The first-order valence-corrected chi connectivity index (χ1v) is 10.6. The summed E-state index contributed by atoms with van der Waals surface area (Å²) < 4.78 is 32.6. The van der Waals surface area contributed by atoms with E-state index < -0.39 is 11.9 Å². The molecule has 1 aliphatic heterocycles. The summed E-state index contributed by atoms with van der Waals surface area (Å²) in [6, 6.07) is 11.3. The van der Waals surface area contributed by atoms with Gasteiger partial charge in [0, 0.05) is 15.6 Å². The third kappa shape index (κ3) is 4.67. The molecule has 0 saturated carbocycles. The van der Waals surface area contributed by atoms with Crippen LogP contribution in [0.1, 0.15) is 21.7 Å². The predicted molar refractivity (Wildman–Crippen MR) is 125 cm³/mol. The fourth-order valence-electron chi connectivity index (χ4n) is 3.15. The van der Waals surface area contributed by atoms with Gasteiger partial charge in [-0.15, -0.1) is 0 Å². The van der Waals surface area contributed by atoms with Crippen LogP contribution in [0.4, 0.5) is 0 Å². The lowest BCUT2D eigenvalue weighted by Gasteiger charge is -2.13. The highest BCUT2D eigenvalue weighted by molar-refractivity contribution is 9.10. The Kier molecular flexibility index (Phi) is 6.69. The van der Waals surface area contributed by atoms with Gasteiger partial charge in [-0.1, -0.05) is 15.9 Å². The van der Waals surface area contributed by atoms with Crippen LogP contribution in [0.25, 0.3) is 6.08 Å². The monoisotopic (exact) mass is 527 g/mol. The Labute approximate surface area is 202 Å². The second-order valence-electron chi connectivity index (χ2n) is 6.80. The number of aliphatic imine (C=N–C) groups is 1. The number of halogens is 1.